The number of aromatic nitrogens is 1. The number of anilines is 1. The molecule has 0 fully saturated rings. The lowest BCUT2D eigenvalue weighted by Crippen LogP contribution is -2.10. The molecule has 1 aromatic carbocycles. The van der Waals surface area contributed by atoms with E-state index >= 15 is 0 Å². The molecule has 6 heteroatoms. The Balaban J connectivity index is 2.11. The molecule has 112 valence electrons. The van der Waals surface area contributed by atoms with Gasteiger partial charge in [-0.1, -0.05) is 24.6 Å². The van der Waals surface area contributed by atoms with Crippen molar-refractivity contribution < 1.29 is 4.79 Å². The van der Waals surface area contributed by atoms with Crippen LogP contribution in [0.4, 0.5) is 5.13 Å². The molecule has 1 amide bonds. The van der Waals surface area contributed by atoms with Gasteiger partial charge in [-0.3, -0.25) is 4.79 Å². The minimum Gasteiger partial charge on any atom is -0.302 e. The van der Waals surface area contributed by atoms with Gasteiger partial charge in [-0.2, -0.15) is 0 Å². The van der Waals surface area contributed by atoms with E-state index in [2.05, 4.69) is 26.2 Å². The fourth-order valence-corrected chi connectivity index (χ4v) is 3.35. The monoisotopic (exact) mass is 386 g/mol. The SMILES string of the molecule is CCCC(=O)Nc1nc(C)c(Cc2ccc(Br)c(Cl)c2)s1. The van der Waals surface area contributed by atoms with Crippen LogP contribution in [0.15, 0.2) is 22.7 Å². The molecule has 1 aromatic heterocycles. The van der Waals surface area contributed by atoms with E-state index in [9.17, 15) is 4.79 Å². The van der Waals surface area contributed by atoms with Gasteiger partial charge in [0.2, 0.25) is 5.91 Å². The molecule has 3 nitrogen and oxygen atoms in total. The lowest BCUT2D eigenvalue weighted by molar-refractivity contribution is -0.116. The summed E-state index contributed by atoms with van der Waals surface area (Å²) in [5, 5.41) is 4.22. The first-order valence-corrected chi connectivity index (χ1v) is 8.68. The fourth-order valence-electron chi connectivity index (χ4n) is 1.89. The third-order valence-electron chi connectivity index (χ3n) is 2.96. The zero-order valence-electron chi connectivity index (χ0n) is 11.9. The van der Waals surface area contributed by atoms with Gasteiger partial charge in [0.15, 0.2) is 5.13 Å². The van der Waals surface area contributed by atoms with Crippen LogP contribution >= 0.6 is 38.9 Å². The van der Waals surface area contributed by atoms with E-state index in [0.29, 0.717) is 16.6 Å². The number of thiazole rings is 1. The van der Waals surface area contributed by atoms with Crippen LogP contribution in [-0.2, 0) is 11.2 Å². The van der Waals surface area contributed by atoms with E-state index < -0.39 is 0 Å². The highest BCUT2D eigenvalue weighted by Crippen LogP contribution is 2.28. The average molecular weight is 388 g/mol. The summed E-state index contributed by atoms with van der Waals surface area (Å²) in [7, 11) is 0. The predicted molar refractivity (Wildman–Crippen MR) is 92.3 cm³/mol. The number of hydrogen-bond donors (Lipinski definition) is 1. The summed E-state index contributed by atoms with van der Waals surface area (Å²) in [6.45, 7) is 3.94. The second-order valence-electron chi connectivity index (χ2n) is 4.75. The van der Waals surface area contributed by atoms with Crippen LogP contribution in [-0.4, -0.2) is 10.9 Å². The molecule has 0 aliphatic heterocycles. The molecule has 1 N–H and O–H groups in total. The van der Waals surface area contributed by atoms with Crippen molar-refractivity contribution in [3.05, 3.63) is 43.8 Å². The van der Waals surface area contributed by atoms with Gasteiger partial charge in [-0.15, -0.1) is 11.3 Å². The number of carbonyl (C=O) groups excluding carboxylic acids is 1. The molecule has 0 spiro atoms. The Morgan fingerprint density at radius 2 is 2.24 bits per heavy atom. The number of aryl methyl sites for hydroxylation is 1. The van der Waals surface area contributed by atoms with Gasteiger partial charge < -0.3 is 5.32 Å². The number of rotatable bonds is 5. The maximum atomic E-state index is 11.6. The Hall–Kier alpha value is -0.910. The third-order valence-corrected chi connectivity index (χ3v) is 5.27. The molecule has 0 bridgehead atoms. The van der Waals surface area contributed by atoms with Crippen molar-refractivity contribution in [2.45, 2.75) is 33.1 Å². The van der Waals surface area contributed by atoms with E-state index in [1.165, 1.54) is 11.3 Å². The summed E-state index contributed by atoms with van der Waals surface area (Å²) in [6, 6.07) is 5.92. The highest BCUT2D eigenvalue weighted by Gasteiger charge is 2.11. The first-order chi connectivity index (χ1) is 9.99. The maximum Gasteiger partial charge on any atom is 0.226 e. The molecule has 1 heterocycles. The van der Waals surface area contributed by atoms with Crippen molar-refractivity contribution in [1.82, 2.24) is 4.98 Å². The van der Waals surface area contributed by atoms with E-state index in [4.69, 9.17) is 11.6 Å². The minimum absolute atomic E-state index is 0.0180. The van der Waals surface area contributed by atoms with Crippen LogP contribution in [0.3, 0.4) is 0 Å². The summed E-state index contributed by atoms with van der Waals surface area (Å²) in [5.41, 5.74) is 2.08. The third kappa shape index (κ3) is 4.53. The van der Waals surface area contributed by atoms with Crippen molar-refractivity contribution in [1.29, 1.82) is 0 Å². The summed E-state index contributed by atoms with van der Waals surface area (Å²) in [6.07, 6.45) is 2.12. The van der Waals surface area contributed by atoms with Crippen molar-refractivity contribution in [3.63, 3.8) is 0 Å². The number of benzene rings is 1. The van der Waals surface area contributed by atoms with Gasteiger partial charge >= 0.3 is 0 Å². The van der Waals surface area contributed by atoms with Gasteiger partial charge in [-0.05, 0) is 47.0 Å². The van der Waals surface area contributed by atoms with Gasteiger partial charge in [0.25, 0.3) is 0 Å². The zero-order chi connectivity index (χ0) is 15.4. The van der Waals surface area contributed by atoms with Crippen molar-refractivity contribution in [2.24, 2.45) is 0 Å². The summed E-state index contributed by atoms with van der Waals surface area (Å²) < 4.78 is 0.890. The van der Waals surface area contributed by atoms with Crippen LogP contribution < -0.4 is 5.32 Å². The van der Waals surface area contributed by atoms with E-state index in [1.54, 1.807) is 0 Å². The first-order valence-electron chi connectivity index (χ1n) is 6.69. The topological polar surface area (TPSA) is 42.0 Å². The van der Waals surface area contributed by atoms with Gasteiger partial charge in [0, 0.05) is 22.2 Å². The molecule has 0 saturated heterocycles. The van der Waals surface area contributed by atoms with E-state index in [1.807, 2.05) is 32.0 Å². The lowest BCUT2D eigenvalue weighted by Gasteiger charge is -2.02. The first kappa shape index (κ1) is 16.5. The number of amides is 1. The highest BCUT2D eigenvalue weighted by molar-refractivity contribution is 9.10. The minimum atomic E-state index is 0.0180. The average Bonchev–Trinajstić information content (AvgIpc) is 2.74. The molecular formula is C15H16BrClN2OS. The smallest absolute Gasteiger partial charge is 0.226 e. The number of nitrogens with zero attached hydrogens (tertiary/aromatic N) is 1. The Morgan fingerprint density at radius 1 is 1.48 bits per heavy atom. The molecule has 0 aliphatic rings. The summed E-state index contributed by atoms with van der Waals surface area (Å²) >= 11 is 11.0. The second-order valence-corrected chi connectivity index (χ2v) is 7.10. The number of hydrogen-bond acceptors (Lipinski definition) is 3. The van der Waals surface area contributed by atoms with Crippen LogP contribution in [0.2, 0.25) is 5.02 Å². The van der Waals surface area contributed by atoms with Crippen molar-refractivity contribution in [3.8, 4) is 0 Å². The molecule has 2 aromatic rings. The largest absolute Gasteiger partial charge is 0.302 e. The molecule has 0 saturated carbocycles. The number of nitrogens with one attached hydrogen (secondary N) is 1. The Labute approximate surface area is 141 Å². The molecular weight excluding hydrogens is 372 g/mol. The quantitative estimate of drug-likeness (QED) is 0.766. The van der Waals surface area contributed by atoms with Crippen molar-refractivity contribution in [2.75, 3.05) is 5.32 Å². The zero-order valence-corrected chi connectivity index (χ0v) is 15.0. The van der Waals surface area contributed by atoms with Crippen LogP contribution in [0, 0.1) is 6.92 Å². The Morgan fingerprint density at radius 3 is 2.90 bits per heavy atom. The van der Waals surface area contributed by atoms with Crippen LogP contribution in [0.25, 0.3) is 0 Å². The highest BCUT2D eigenvalue weighted by atomic mass is 79.9. The fraction of sp³-hybridized carbons (Fsp3) is 0.333. The molecule has 0 atom stereocenters. The predicted octanol–water partition coefficient (Wildman–Crippen LogP) is 5.20. The van der Waals surface area contributed by atoms with Crippen LogP contribution in [0.1, 0.15) is 35.9 Å². The molecule has 2 rings (SSSR count). The normalized spacial score (nSPS) is 10.7. The Kier molecular flexibility index (Phi) is 5.79. The molecule has 0 radical (unpaired) electrons. The standard InChI is InChI=1S/C15H16BrClN2OS/c1-3-4-14(20)19-15-18-9(2)13(21-15)8-10-5-6-11(16)12(17)7-10/h5-7H,3-4,8H2,1-2H3,(H,18,19,20). The lowest BCUT2D eigenvalue weighted by atomic mass is 10.1. The number of halogens is 2. The summed E-state index contributed by atoms with van der Waals surface area (Å²) in [4.78, 5) is 17.2. The van der Waals surface area contributed by atoms with Gasteiger partial charge in [0.05, 0.1) is 10.7 Å². The Bertz CT molecular complexity index is 657. The van der Waals surface area contributed by atoms with Crippen LogP contribution in [0.5, 0.6) is 0 Å². The second kappa shape index (κ2) is 7.38. The van der Waals surface area contributed by atoms with Gasteiger partial charge in [0.1, 0.15) is 0 Å². The molecule has 21 heavy (non-hydrogen) atoms. The van der Waals surface area contributed by atoms with Gasteiger partial charge in [-0.25, -0.2) is 4.98 Å². The maximum absolute atomic E-state index is 11.6. The van der Waals surface area contributed by atoms with E-state index in [0.717, 1.165) is 33.4 Å². The number of carbonyl (C=O) groups is 1. The molecule has 0 aliphatic carbocycles. The molecule has 0 unspecified atom stereocenters. The van der Waals surface area contributed by atoms with E-state index in [-0.39, 0.29) is 5.91 Å². The van der Waals surface area contributed by atoms with Crippen molar-refractivity contribution >= 4 is 49.9 Å². The summed E-state index contributed by atoms with van der Waals surface area (Å²) in [5.74, 6) is 0.0180.